The van der Waals surface area contributed by atoms with Crippen LogP contribution in [0.4, 0.5) is 0 Å². The average molecular weight is 195 g/mol. The molecule has 2 nitrogen and oxygen atoms in total. The first-order valence-corrected chi connectivity index (χ1v) is 4.73. The molecule has 0 aliphatic heterocycles. The van der Waals surface area contributed by atoms with E-state index >= 15 is 0 Å². The Morgan fingerprint density at radius 2 is 2.23 bits per heavy atom. The first-order chi connectivity index (χ1) is 6.24. The van der Waals surface area contributed by atoms with Crippen LogP contribution in [0.5, 0.6) is 0 Å². The Morgan fingerprint density at radius 1 is 1.46 bits per heavy atom. The first-order valence-electron chi connectivity index (χ1n) is 4.35. The Hall–Kier alpha value is -1.02. The SMILES string of the molecule is CCn1nc(Cl)c2c(C)cccc21. The topological polar surface area (TPSA) is 17.8 Å². The fourth-order valence-corrected chi connectivity index (χ4v) is 1.92. The number of fused-ring (bicyclic) bond motifs is 1. The molecule has 13 heavy (non-hydrogen) atoms. The second kappa shape index (κ2) is 3.04. The van der Waals surface area contributed by atoms with Gasteiger partial charge in [-0.3, -0.25) is 4.68 Å². The summed E-state index contributed by atoms with van der Waals surface area (Å²) in [4.78, 5) is 0. The van der Waals surface area contributed by atoms with E-state index in [0.717, 1.165) is 17.4 Å². The molecule has 2 rings (SSSR count). The molecule has 0 bridgehead atoms. The molecule has 0 aliphatic carbocycles. The van der Waals surface area contributed by atoms with Crippen LogP contribution in [0.3, 0.4) is 0 Å². The van der Waals surface area contributed by atoms with Gasteiger partial charge in [0.05, 0.1) is 5.52 Å². The van der Waals surface area contributed by atoms with Crippen LogP contribution in [-0.4, -0.2) is 9.78 Å². The van der Waals surface area contributed by atoms with E-state index in [-0.39, 0.29) is 0 Å². The predicted octanol–water partition coefficient (Wildman–Crippen LogP) is 3.02. The number of halogens is 1. The van der Waals surface area contributed by atoms with Gasteiger partial charge in [0.15, 0.2) is 5.15 Å². The van der Waals surface area contributed by atoms with Crippen molar-refractivity contribution in [1.82, 2.24) is 9.78 Å². The summed E-state index contributed by atoms with van der Waals surface area (Å²) in [5.41, 5.74) is 2.30. The van der Waals surface area contributed by atoms with Crippen molar-refractivity contribution in [2.45, 2.75) is 20.4 Å². The summed E-state index contributed by atoms with van der Waals surface area (Å²) in [5.74, 6) is 0. The van der Waals surface area contributed by atoms with E-state index in [1.807, 2.05) is 16.8 Å². The molecule has 0 aliphatic rings. The highest BCUT2D eigenvalue weighted by Gasteiger charge is 2.08. The molecule has 0 atom stereocenters. The molecule has 0 unspecified atom stereocenters. The highest BCUT2D eigenvalue weighted by molar-refractivity contribution is 6.34. The highest BCUT2D eigenvalue weighted by atomic mass is 35.5. The van der Waals surface area contributed by atoms with Crippen LogP contribution in [-0.2, 0) is 6.54 Å². The maximum atomic E-state index is 6.03. The van der Waals surface area contributed by atoms with Crippen LogP contribution in [0.1, 0.15) is 12.5 Å². The van der Waals surface area contributed by atoms with Crippen molar-refractivity contribution >= 4 is 22.5 Å². The zero-order chi connectivity index (χ0) is 9.42. The molecule has 0 amide bonds. The Labute approximate surface area is 82.1 Å². The summed E-state index contributed by atoms with van der Waals surface area (Å²) in [7, 11) is 0. The molecule has 0 saturated heterocycles. The smallest absolute Gasteiger partial charge is 0.159 e. The van der Waals surface area contributed by atoms with Crippen molar-refractivity contribution in [2.24, 2.45) is 0 Å². The zero-order valence-corrected chi connectivity index (χ0v) is 8.47. The predicted molar refractivity (Wildman–Crippen MR) is 55.2 cm³/mol. The second-order valence-electron chi connectivity index (χ2n) is 3.08. The van der Waals surface area contributed by atoms with Gasteiger partial charge < -0.3 is 0 Å². The van der Waals surface area contributed by atoms with Gasteiger partial charge in [0, 0.05) is 11.9 Å². The maximum Gasteiger partial charge on any atom is 0.159 e. The molecular formula is C10H11ClN2. The lowest BCUT2D eigenvalue weighted by atomic mass is 10.1. The number of rotatable bonds is 1. The van der Waals surface area contributed by atoms with Crippen LogP contribution in [0.2, 0.25) is 5.15 Å². The number of benzene rings is 1. The number of hydrogen-bond donors (Lipinski definition) is 0. The summed E-state index contributed by atoms with van der Waals surface area (Å²) in [5, 5.41) is 5.93. The molecule has 2 aromatic rings. The van der Waals surface area contributed by atoms with Crippen molar-refractivity contribution in [3.8, 4) is 0 Å². The second-order valence-corrected chi connectivity index (χ2v) is 3.43. The van der Waals surface area contributed by atoms with E-state index in [9.17, 15) is 0 Å². The standard InChI is InChI=1S/C10H11ClN2/c1-3-13-8-6-4-5-7(2)9(8)10(11)12-13/h4-6H,3H2,1-2H3. The van der Waals surface area contributed by atoms with Crippen molar-refractivity contribution in [3.05, 3.63) is 28.9 Å². The number of hydrogen-bond acceptors (Lipinski definition) is 1. The molecule has 0 saturated carbocycles. The first kappa shape index (κ1) is 8.57. The summed E-state index contributed by atoms with van der Waals surface area (Å²) in [6.07, 6.45) is 0. The van der Waals surface area contributed by atoms with Gasteiger partial charge in [0.1, 0.15) is 0 Å². The van der Waals surface area contributed by atoms with Gasteiger partial charge in [0.25, 0.3) is 0 Å². The van der Waals surface area contributed by atoms with Crippen molar-refractivity contribution in [3.63, 3.8) is 0 Å². The zero-order valence-electron chi connectivity index (χ0n) is 7.71. The third-order valence-electron chi connectivity index (χ3n) is 2.24. The van der Waals surface area contributed by atoms with Gasteiger partial charge in [0.2, 0.25) is 0 Å². The normalized spacial score (nSPS) is 11.0. The fraction of sp³-hybridized carbons (Fsp3) is 0.300. The van der Waals surface area contributed by atoms with Crippen LogP contribution in [0.15, 0.2) is 18.2 Å². The Bertz CT molecular complexity index is 445. The average Bonchev–Trinajstić information content (AvgIpc) is 2.44. The molecule has 1 aromatic carbocycles. The monoisotopic (exact) mass is 194 g/mol. The van der Waals surface area contributed by atoms with E-state index in [1.54, 1.807) is 0 Å². The van der Waals surface area contributed by atoms with E-state index in [1.165, 1.54) is 5.56 Å². The van der Waals surface area contributed by atoms with Crippen LogP contribution in [0, 0.1) is 6.92 Å². The number of nitrogens with zero attached hydrogens (tertiary/aromatic N) is 2. The van der Waals surface area contributed by atoms with Crippen molar-refractivity contribution in [1.29, 1.82) is 0 Å². The van der Waals surface area contributed by atoms with E-state index in [0.29, 0.717) is 5.15 Å². The van der Waals surface area contributed by atoms with Crippen LogP contribution in [0.25, 0.3) is 10.9 Å². The third kappa shape index (κ3) is 1.22. The molecule has 68 valence electrons. The Morgan fingerprint density at radius 3 is 2.92 bits per heavy atom. The molecule has 1 aromatic heterocycles. The molecule has 0 radical (unpaired) electrons. The highest BCUT2D eigenvalue weighted by Crippen LogP contribution is 2.25. The van der Waals surface area contributed by atoms with Gasteiger partial charge >= 0.3 is 0 Å². The van der Waals surface area contributed by atoms with E-state index in [2.05, 4.69) is 25.0 Å². The maximum absolute atomic E-state index is 6.03. The molecule has 0 spiro atoms. The Balaban J connectivity index is 2.87. The minimum atomic E-state index is 0.606. The lowest BCUT2D eigenvalue weighted by Crippen LogP contribution is -1.94. The summed E-state index contributed by atoms with van der Waals surface area (Å²) >= 11 is 6.03. The van der Waals surface area contributed by atoms with E-state index < -0.39 is 0 Å². The molecular weight excluding hydrogens is 184 g/mol. The largest absolute Gasteiger partial charge is 0.264 e. The minimum absolute atomic E-state index is 0.606. The third-order valence-corrected chi connectivity index (χ3v) is 2.51. The van der Waals surface area contributed by atoms with Gasteiger partial charge in [-0.1, -0.05) is 23.7 Å². The van der Waals surface area contributed by atoms with Crippen LogP contribution >= 0.6 is 11.6 Å². The lowest BCUT2D eigenvalue weighted by molar-refractivity contribution is 0.684. The Kier molecular flexibility index (Phi) is 2.00. The minimum Gasteiger partial charge on any atom is -0.264 e. The molecule has 3 heteroatoms. The quantitative estimate of drug-likeness (QED) is 0.683. The molecule has 0 fully saturated rings. The lowest BCUT2D eigenvalue weighted by Gasteiger charge is -1.98. The molecule has 0 N–H and O–H groups in total. The van der Waals surface area contributed by atoms with Gasteiger partial charge in [-0.25, -0.2) is 0 Å². The summed E-state index contributed by atoms with van der Waals surface area (Å²) in [6.45, 7) is 4.97. The van der Waals surface area contributed by atoms with Crippen LogP contribution < -0.4 is 0 Å². The number of aromatic nitrogens is 2. The van der Waals surface area contributed by atoms with Gasteiger partial charge in [-0.2, -0.15) is 5.10 Å². The van der Waals surface area contributed by atoms with E-state index in [4.69, 9.17) is 11.6 Å². The summed E-state index contributed by atoms with van der Waals surface area (Å²) < 4.78 is 1.92. The molecule has 1 heterocycles. The van der Waals surface area contributed by atoms with Gasteiger partial charge in [-0.15, -0.1) is 0 Å². The summed E-state index contributed by atoms with van der Waals surface area (Å²) in [6, 6.07) is 6.13. The fourth-order valence-electron chi connectivity index (χ4n) is 1.59. The van der Waals surface area contributed by atoms with Crippen molar-refractivity contribution < 1.29 is 0 Å². The van der Waals surface area contributed by atoms with Gasteiger partial charge in [-0.05, 0) is 25.5 Å². The number of aryl methyl sites for hydroxylation is 2. The van der Waals surface area contributed by atoms with Crippen molar-refractivity contribution in [2.75, 3.05) is 0 Å².